The molecule has 2 unspecified atom stereocenters. The molecule has 1 heterocycles. The molecular weight excluding hydrogens is 198 g/mol. The summed E-state index contributed by atoms with van der Waals surface area (Å²) in [4.78, 5) is 4.50. The Morgan fingerprint density at radius 2 is 2.38 bits per heavy atom. The number of hydrogen-bond acceptors (Lipinski definition) is 2. The van der Waals surface area contributed by atoms with Crippen LogP contribution in [-0.2, 0) is 13.0 Å². The lowest BCUT2D eigenvalue weighted by molar-refractivity contribution is 0.409. The van der Waals surface area contributed by atoms with E-state index in [9.17, 15) is 0 Å². The molecule has 90 valence electrons. The largest absolute Gasteiger partial charge is 0.335 e. The van der Waals surface area contributed by atoms with Crippen molar-refractivity contribution in [2.24, 2.45) is 5.92 Å². The van der Waals surface area contributed by atoms with Gasteiger partial charge in [0.2, 0.25) is 0 Å². The minimum Gasteiger partial charge on any atom is -0.335 e. The molecule has 0 bridgehead atoms. The molecule has 1 N–H and O–H groups in total. The quantitative estimate of drug-likeness (QED) is 0.826. The van der Waals surface area contributed by atoms with Gasteiger partial charge in [-0.3, -0.25) is 0 Å². The van der Waals surface area contributed by atoms with Crippen molar-refractivity contribution in [1.29, 1.82) is 0 Å². The van der Waals surface area contributed by atoms with Gasteiger partial charge in [0.05, 0.1) is 0 Å². The minimum absolute atomic E-state index is 0.701. The van der Waals surface area contributed by atoms with Crippen LogP contribution in [0.4, 0.5) is 0 Å². The van der Waals surface area contributed by atoms with E-state index in [-0.39, 0.29) is 0 Å². The van der Waals surface area contributed by atoms with Gasteiger partial charge in [0.15, 0.2) is 0 Å². The van der Waals surface area contributed by atoms with Gasteiger partial charge in [0.25, 0.3) is 0 Å². The summed E-state index contributed by atoms with van der Waals surface area (Å²) in [7, 11) is 2.08. The predicted molar refractivity (Wildman–Crippen MR) is 66.4 cm³/mol. The molecule has 3 heteroatoms. The average molecular weight is 221 g/mol. The minimum atomic E-state index is 0.701. The normalized spacial score (nSPS) is 25.1. The summed E-state index contributed by atoms with van der Waals surface area (Å²) >= 11 is 0. The summed E-state index contributed by atoms with van der Waals surface area (Å²) in [5.41, 5.74) is 0. The molecule has 0 spiro atoms. The van der Waals surface area contributed by atoms with Crippen LogP contribution in [0, 0.1) is 5.92 Å². The van der Waals surface area contributed by atoms with Crippen molar-refractivity contribution in [2.45, 2.75) is 51.6 Å². The van der Waals surface area contributed by atoms with Gasteiger partial charge in [-0.15, -0.1) is 0 Å². The van der Waals surface area contributed by atoms with Crippen molar-refractivity contribution in [2.75, 3.05) is 7.05 Å². The number of rotatable bonds is 5. The third-order valence-electron chi connectivity index (χ3n) is 3.74. The maximum absolute atomic E-state index is 4.50. The van der Waals surface area contributed by atoms with E-state index in [1.807, 2.05) is 6.20 Å². The number of aryl methyl sites for hydroxylation is 1. The van der Waals surface area contributed by atoms with Gasteiger partial charge in [-0.2, -0.15) is 0 Å². The van der Waals surface area contributed by atoms with Gasteiger partial charge >= 0.3 is 0 Å². The summed E-state index contributed by atoms with van der Waals surface area (Å²) in [5.74, 6) is 2.05. The van der Waals surface area contributed by atoms with Crippen molar-refractivity contribution < 1.29 is 0 Å². The molecule has 0 radical (unpaired) electrons. The molecule has 0 saturated heterocycles. The molecule has 0 aliphatic heterocycles. The van der Waals surface area contributed by atoms with E-state index in [2.05, 4.69) is 35.0 Å². The van der Waals surface area contributed by atoms with E-state index in [0.29, 0.717) is 6.04 Å². The highest BCUT2D eigenvalue weighted by atomic mass is 15.1. The molecule has 1 aliphatic carbocycles. The Bertz CT molecular complexity index is 319. The number of nitrogens with one attached hydrogen (secondary N) is 1. The van der Waals surface area contributed by atoms with Crippen LogP contribution in [-0.4, -0.2) is 22.6 Å². The molecule has 16 heavy (non-hydrogen) atoms. The first kappa shape index (κ1) is 11.6. The SMILES string of the molecule is CCCn1ccnc1CC1CCCC1NC. The van der Waals surface area contributed by atoms with Crippen LogP contribution in [0.3, 0.4) is 0 Å². The highest BCUT2D eigenvalue weighted by Gasteiger charge is 2.26. The van der Waals surface area contributed by atoms with Crippen LogP contribution in [0.25, 0.3) is 0 Å². The van der Waals surface area contributed by atoms with Crippen molar-refractivity contribution in [3.05, 3.63) is 18.2 Å². The molecular formula is C13H23N3. The molecule has 1 aliphatic rings. The van der Waals surface area contributed by atoms with Gasteiger partial charge in [-0.05, 0) is 32.2 Å². The third-order valence-corrected chi connectivity index (χ3v) is 3.74. The zero-order chi connectivity index (χ0) is 11.4. The van der Waals surface area contributed by atoms with Crippen molar-refractivity contribution in [1.82, 2.24) is 14.9 Å². The second-order valence-electron chi connectivity index (χ2n) is 4.83. The van der Waals surface area contributed by atoms with E-state index in [4.69, 9.17) is 0 Å². The third kappa shape index (κ3) is 2.46. The predicted octanol–water partition coefficient (Wildman–Crippen LogP) is 2.22. The maximum atomic E-state index is 4.50. The Hall–Kier alpha value is -0.830. The van der Waals surface area contributed by atoms with E-state index in [1.54, 1.807) is 0 Å². The molecule has 0 aromatic carbocycles. The second kappa shape index (κ2) is 5.48. The lowest BCUT2D eigenvalue weighted by atomic mass is 9.99. The molecule has 1 aromatic rings. The number of imidazole rings is 1. The van der Waals surface area contributed by atoms with Crippen molar-refractivity contribution in [3.8, 4) is 0 Å². The zero-order valence-electron chi connectivity index (χ0n) is 10.4. The molecule has 3 nitrogen and oxygen atoms in total. The first-order chi connectivity index (χ1) is 7.85. The fourth-order valence-corrected chi connectivity index (χ4v) is 2.87. The summed E-state index contributed by atoms with van der Waals surface area (Å²) < 4.78 is 2.31. The molecule has 2 atom stereocenters. The number of aromatic nitrogens is 2. The number of hydrogen-bond donors (Lipinski definition) is 1. The van der Waals surface area contributed by atoms with E-state index in [1.165, 1.54) is 31.5 Å². The maximum Gasteiger partial charge on any atom is 0.108 e. The summed E-state index contributed by atoms with van der Waals surface area (Å²) in [6, 6.07) is 0.701. The Kier molecular flexibility index (Phi) is 3.99. The fourth-order valence-electron chi connectivity index (χ4n) is 2.87. The topological polar surface area (TPSA) is 29.9 Å². The Balaban J connectivity index is 1.99. The van der Waals surface area contributed by atoms with E-state index in [0.717, 1.165) is 18.9 Å². The van der Waals surface area contributed by atoms with Crippen LogP contribution in [0.15, 0.2) is 12.4 Å². The summed E-state index contributed by atoms with van der Waals surface area (Å²) in [6.07, 6.45) is 10.4. The van der Waals surface area contributed by atoms with Crippen molar-refractivity contribution >= 4 is 0 Å². The zero-order valence-corrected chi connectivity index (χ0v) is 10.4. The highest BCUT2D eigenvalue weighted by Crippen LogP contribution is 2.28. The standard InChI is InChI=1S/C13H23N3/c1-3-8-16-9-7-15-13(16)10-11-5-4-6-12(11)14-2/h7,9,11-12,14H,3-6,8,10H2,1-2H3. The van der Waals surface area contributed by atoms with Gasteiger partial charge in [-0.1, -0.05) is 13.3 Å². The summed E-state index contributed by atoms with van der Waals surface area (Å²) in [5, 5.41) is 3.44. The van der Waals surface area contributed by atoms with Crippen LogP contribution < -0.4 is 5.32 Å². The monoisotopic (exact) mass is 221 g/mol. The van der Waals surface area contributed by atoms with Crippen LogP contribution >= 0.6 is 0 Å². The first-order valence-corrected chi connectivity index (χ1v) is 6.52. The molecule has 0 amide bonds. The van der Waals surface area contributed by atoms with Crippen LogP contribution in [0.5, 0.6) is 0 Å². The molecule has 2 rings (SSSR count). The Labute approximate surface area is 98.3 Å². The van der Waals surface area contributed by atoms with Gasteiger partial charge < -0.3 is 9.88 Å². The van der Waals surface area contributed by atoms with E-state index >= 15 is 0 Å². The number of nitrogens with zero attached hydrogens (tertiary/aromatic N) is 2. The summed E-state index contributed by atoms with van der Waals surface area (Å²) in [6.45, 7) is 3.32. The Morgan fingerprint density at radius 1 is 1.50 bits per heavy atom. The first-order valence-electron chi connectivity index (χ1n) is 6.52. The Morgan fingerprint density at radius 3 is 3.12 bits per heavy atom. The molecule has 1 fully saturated rings. The van der Waals surface area contributed by atoms with Gasteiger partial charge in [-0.25, -0.2) is 4.98 Å². The lowest BCUT2D eigenvalue weighted by Crippen LogP contribution is -2.30. The highest BCUT2D eigenvalue weighted by molar-refractivity contribution is 4.97. The van der Waals surface area contributed by atoms with Crippen molar-refractivity contribution in [3.63, 3.8) is 0 Å². The average Bonchev–Trinajstić information content (AvgIpc) is 2.89. The second-order valence-corrected chi connectivity index (χ2v) is 4.83. The molecule has 1 saturated carbocycles. The van der Waals surface area contributed by atoms with Crippen LogP contribution in [0.1, 0.15) is 38.4 Å². The molecule has 1 aromatic heterocycles. The smallest absolute Gasteiger partial charge is 0.108 e. The van der Waals surface area contributed by atoms with E-state index < -0.39 is 0 Å². The fraction of sp³-hybridized carbons (Fsp3) is 0.769. The van der Waals surface area contributed by atoms with Gasteiger partial charge in [0.1, 0.15) is 5.82 Å². The van der Waals surface area contributed by atoms with Crippen LogP contribution in [0.2, 0.25) is 0 Å². The van der Waals surface area contributed by atoms with Gasteiger partial charge in [0, 0.05) is 31.4 Å². The lowest BCUT2D eigenvalue weighted by Gasteiger charge is -2.19.